The highest BCUT2D eigenvalue weighted by atomic mass is 35.5. The first-order chi connectivity index (χ1) is 15.6. The molecular formula is C27H33ClO4Si. The molecule has 0 aromatic heterocycles. The zero-order chi connectivity index (χ0) is 23.8. The van der Waals surface area contributed by atoms with Crippen molar-refractivity contribution in [2.45, 2.75) is 64.1 Å². The molecule has 0 saturated heterocycles. The molecule has 1 aliphatic heterocycles. The highest BCUT2D eigenvalue weighted by Gasteiger charge is 2.40. The first-order valence-electron chi connectivity index (χ1n) is 11.6. The summed E-state index contributed by atoms with van der Waals surface area (Å²) >= 11 is 5.73. The molecule has 176 valence electrons. The maximum atomic E-state index is 12.3. The number of rotatable bonds is 6. The summed E-state index contributed by atoms with van der Waals surface area (Å²) in [6, 6.07) is 14.0. The number of alkyl halides is 1. The van der Waals surface area contributed by atoms with Crippen LogP contribution in [0.4, 0.5) is 0 Å². The van der Waals surface area contributed by atoms with Crippen molar-refractivity contribution in [2.24, 2.45) is 0 Å². The van der Waals surface area contributed by atoms with E-state index in [1.165, 1.54) is 0 Å². The van der Waals surface area contributed by atoms with E-state index >= 15 is 0 Å². The Morgan fingerprint density at radius 3 is 2.45 bits per heavy atom. The maximum Gasteiger partial charge on any atom is 0.250 e. The van der Waals surface area contributed by atoms with Gasteiger partial charge in [0.05, 0.1) is 5.88 Å². The van der Waals surface area contributed by atoms with E-state index in [1.807, 2.05) is 30.3 Å². The largest absolute Gasteiger partial charge is 0.543 e. The van der Waals surface area contributed by atoms with E-state index in [0.717, 1.165) is 46.1 Å². The van der Waals surface area contributed by atoms with Crippen LogP contribution in [0.5, 0.6) is 17.2 Å². The van der Waals surface area contributed by atoms with Gasteiger partial charge < -0.3 is 13.9 Å². The number of benzene rings is 2. The lowest BCUT2D eigenvalue weighted by atomic mass is 9.76. The number of hydrogen-bond donors (Lipinski definition) is 0. The average Bonchev–Trinajstić information content (AvgIpc) is 2.76. The molecule has 0 spiro atoms. The fraction of sp³-hybridized carbons (Fsp3) is 0.444. The quantitative estimate of drug-likeness (QED) is 0.318. The van der Waals surface area contributed by atoms with Gasteiger partial charge in [0, 0.05) is 36.0 Å². The number of ketones is 1. The van der Waals surface area contributed by atoms with E-state index < -0.39 is 8.32 Å². The Morgan fingerprint density at radius 2 is 1.79 bits per heavy atom. The van der Waals surface area contributed by atoms with Gasteiger partial charge in [-0.05, 0) is 60.5 Å². The molecule has 0 bridgehead atoms. The Kier molecular flexibility index (Phi) is 6.65. The summed E-state index contributed by atoms with van der Waals surface area (Å²) in [7, 11) is -1.97. The Labute approximate surface area is 203 Å². The van der Waals surface area contributed by atoms with Crippen molar-refractivity contribution in [1.29, 1.82) is 0 Å². The van der Waals surface area contributed by atoms with Gasteiger partial charge in [-0.2, -0.15) is 0 Å². The number of Topliss-reactive ketones (excluding diaryl/α,β-unsaturated/α-hetero) is 1. The highest BCUT2D eigenvalue weighted by Crippen LogP contribution is 2.49. The van der Waals surface area contributed by atoms with Gasteiger partial charge in [0.1, 0.15) is 35.4 Å². The molecule has 0 N–H and O–H groups in total. The van der Waals surface area contributed by atoms with Gasteiger partial charge in [0.25, 0.3) is 0 Å². The van der Waals surface area contributed by atoms with E-state index in [0.29, 0.717) is 25.3 Å². The fourth-order valence-corrected chi connectivity index (χ4v) is 5.27. The third kappa shape index (κ3) is 4.99. The molecule has 1 unspecified atom stereocenters. The molecule has 0 radical (unpaired) electrons. The van der Waals surface area contributed by atoms with E-state index in [4.69, 9.17) is 25.5 Å². The predicted molar refractivity (Wildman–Crippen MR) is 136 cm³/mol. The van der Waals surface area contributed by atoms with Gasteiger partial charge in [0.15, 0.2) is 0 Å². The SMILES string of the molecule is CC(C)(C)[Si](C)(C)Oc1ccc2c(c1)OC(c1ccc(OCCCl)cc1)=C1CC(=O)CCC12. The summed E-state index contributed by atoms with van der Waals surface area (Å²) in [5, 5.41) is 0.110. The predicted octanol–water partition coefficient (Wildman–Crippen LogP) is 7.33. The standard InChI is InChI=1S/C27H33ClO4Si/c1-27(2,3)33(4,5)32-21-11-13-23-22-12-8-19(29)16-24(22)26(31-25(23)17-21)18-6-9-20(10-7-18)30-15-14-28/h6-7,9-11,13,17,22H,8,12,14-16H2,1-5H3. The highest BCUT2D eigenvalue weighted by molar-refractivity contribution is 6.74. The summed E-state index contributed by atoms with van der Waals surface area (Å²) in [6.07, 6.45) is 1.86. The van der Waals surface area contributed by atoms with E-state index in [9.17, 15) is 4.79 Å². The molecule has 33 heavy (non-hydrogen) atoms. The lowest BCUT2D eigenvalue weighted by Crippen LogP contribution is -2.43. The van der Waals surface area contributed by atoms with Crippen LogP contribution in [-0.2, 0) is 4.79 Å². The first-order valence-corrected chi connectivity index (χ1v) is 15.1. The number of carbonyl (C=O) groups is 1. The number of halogens is 1. The van der Waals surface area contributed by atoms with Crippen LogP contribution in [-0.4, -0.2) is 26.6 Å². The van der Waals surface area contributed by atoms with Crippen molar-refractivity contribution in [2.75, 3.05) is 12.5 Å². The topological polar surface area (TPSA) is 44.8 Å². The summed E-state index contributed by atoms with van der Waals surface area (Å²) in [5.41, 5.74) is 3.17. The third-order valence-corrected chi connectivity index (χ3v) is 11.5. The minimum absolute atomic E-state index is 0.110. The van der Waals surface area contributed by atoms with Crippen LogP contribution in [0, 0.1) is 0 Å². The Morgan fingerprint density at radius 1 is 1.09 bits per heavy atom. The molecule has 1 heterocycles. The number of hydrogen-bond acceptors (Lipinski definition) is 4. The smallest absolute Gasteiger partial charge is 0.250 e. The summed E-state index contributed by atoms with van der Waals surface area (Å²) in [6.45, 7) is 11.7. The Bertz CT molecular complexity index is 1070. The molecule has 1 aliphatic carbocycles. The molecule has 4 nitrogen and oxygen atoms in total. The minimum atomic E-state index is -1.97. The monoisotopic (exact) mass is 484 g/mol. The van der Waals surface area contributed by atoms with E-state index in [-0.39, 0.29) is 16.7 Å². The van der Waals surface area contributed by atoms with Crippen LogP contribution in [0.15, 0.2) is 48.0 Å². The molecule has 2 aromatic rings. The molecule has 2 aromatic carbocycles. The van der Waals surface area contributed by atoms with Crippen molar-refractivity contribution in [3.63, 3.8) is 0 Å². The molecule has 1 fully saturated rings. The lowest BCUT2D eigenvalue weighted by Gasteiger charge is -2.37. The van der Waals surface area contributed by atoms with Crippen molar-refractivity contribution in [1.82, 2.24) is 0 Å². The molecule has 4 rings (SSSR count). The van der Waals surface area contributed by atoms with Gasteiger partial charge in [-0.15, -0.1) is 11.6 Å². The molecular weight excluding hydrogens is 452 g/mol. The molecule has 0 amide bonds. The second-order valence-corrected chi connectivity index (χ2v) is 15.5. The van der Waals surface area contributed by atoms with Gasteiger partial charge >= 0.3 is 0 Å². The average molecular weight is 485 g/mol. The van der Waals surface area contributed by atoms with E-state index in [2.05, 4.69) is 46.0 Å². The zero-order valence-electron chi connectivity index (χ0n) is 20.2. The van der Waals surface area contributed by atoms with Crippen molar-refractivity contribution < 1.29 is 18.7 Å². The molecule has 6 heteroatoms. The second-order valence-electron chi connectivity index (χ2n) is 10.4. The van der Waals surface area contributed by atoms with Gasteiger partial charge in [-0.25, -0.2) is 0 Å². The van der Waals surface area contributed by atoms with Crippen LogP contribution in [0.25, 0.3) is 5.76 Å². The number of carbonyl (C=O) groups excluding carboxylic acids is 1. The summed E-state index contributed by atoms with van der Waals surface area (Å²) in [4.78, 5) is 12.3. The zero-order valence-corrected chi connectivity index (χ0v) is 21.9. The van der Waals surface area contributed by atoms with Gasteiger partial charge in [-0.3, -0.25) is 4.79 Å². The second kappa shape index (κ2) is 9.19. The Hall–Kier alpha value is -2.24. The Balaban J connectivity index is 1.69. The lowest BCUT2D eigenvalue weighted by molar-refractivity contribution is -0.119. The minimum Gasteiger partial charge on any atom is -0.543 e. The molecule has 2 aliphatic rings. The van der Waals surface area contributed by atoms with Crippen LogP contribution in [0.3, 0.4) is 0 Å². The van der Waals surface area contributed by atoms with Crippen molar-refractivity contribution in [3.8, 4) is 17.2 Å². The van der Waals surface area contributed by atoms with Gasteiger partial charge in [0.2, 0.25) is 8.32 Å². The summed E-state index contributed by atoms with van der Waals surface area (Å²) in [5.74, 6) is 4.13. The van der Waals surface area contributed by atoms with Crippen molar-refractivity contribution >= 4 is 31.5 Å². The maximum absolute atomic E-state index is 12.3. The molecule has 1 atom stereocenters. The number of ether oxygens (including phenoxy) is 2. The van der Waals surface area contributed by atoms with Crippen LogP contribution in [0.1, 0.15) is 57.1 Å². The third-order valence-electron chi connectivity index (χ3n) is 7.03. The van der Waals surface area contributed by atoms with Crippen LogP contribution in [0.2, 0.25) is 18.1 Å². The van der Waals surface area contributed by atoms with Crippen LogP contribution < -0.4 is 13.9 Å². The fourth-order valence-electron chi connectivity index (χ4n) is 4.17. The first kappa shape index (κ1) is 23.9. The summed E-state index contributed by atoms with van der Waals surface area (Å²) < 4.78 is 18.7. The normalized spacial score (nSPS) is 18.4. The van der Waals surface area contributed by atoms with Crippen molar-refractivity contribution in [3.05, 3.63) is 59.2 Å². The number of fused-ring (bicyclic) bond motifs is 3. The molecule has 1 saturated carbocycles. The van der Waals surface area contributed by atoms with Crippen LogP contribution >= 0.6 is 11.6 Å². The van der Waals surface area contributed by atoms with Gasteiger partial charge in [-0.1, -0.05) is 26.8 Å². The van der Waals surface area contributed by atoms with E-state index in [1.54, 1.807) is 0 Å². The number of allylic oxidation sites excluding steroid dienone is 1.